The lowest BCUT2D eigenvalue weighted by Crippen LogP contribution is -2.45. The van der Waals surface area contributed by atoms with Gasteiger partial charge in [-0.05, 0) is 45.0 Å². The SMILES string of the molecule is CCC(C)(C)N(C)C(CN)c1cc(OC)c(OC)cc1Br. The number of hydrogen-bond donors (Lipinski definition) is 1. The molecule has 1 aromatic carbocycles. The summed E-state index contributed by atoms with van der Waals surface area (Å²) in [5.41, 5.74) is 7.23. The molecule has 2 N–H and O–H groups in total. The predicted molar refractivity (Wildman–Crippen MR) is 91.2 cm³/mol. The van der Waals surface area contributed by atoms with Gasteiger partial charge in [0.1, 0.15) is 0 Å². The van der Waals surface area contributed by atoms with Crippen molar-refractivity contribution >= 4 is 15.9 Å². The van der Waals surface area contributed by atoms with Gasteiger partial charge in [-0.25, -0.2) is 0 Å². The van der Waals surface area contributed by atoms with Crippen LogP contribution in [0.1, 0.15) is 38.8 Å². The molecule has 0 radical (unpaired) electrons. The van der Waals surface area contributed by atoms with E-state index in [0.717, 1.165) is 22.2 Å². The van der Waals surface area contributed by atoms with E-state index in [4.69, 9.17) is 15.2 Å². The molecule has 1 rings (SSSR count). The molecule has 21 heavy (non-hydrogen) atoms. The van der Waals surface area contributed by atoms with Crippen molar-refractivity contribution in [1.29, 1.82) is 0 Å². The molecule has 0 saturated carbocycles. The first-order chi connectivity index (χ1) is 9.82. The van der Waals surface area contributed by atoms with Crippen LogP contribution in [0.3, 0.4) is 0 Å². The number of nitrogens with zero attached hydrogens (tertiary/aromatic N) is 1. The third-order valence-corrected chi connectivity index (χ3v) is 5.06. The van der Waals surface area contributed by atoms with Crippen LogP contribution in [0.25, 0.3) is 0 Å². The van der Waals surface area contributed by atoms with Crippen LogP contribution in [0, 0.1) is 0 Å². The maximum Gasteiger partial charge on any atom is 0.161 e. The molecular weight excluding hydrogens is 332 g/mol. The minimum Gasteiger partial charge on any atom is -0.493 e. The van der Waals surface area contributed by atoms with E-state index in [1.54, 1.807) is 14.2 Å². The van der Waals surface area contributed by atoms with Crippen LogP contribution in [-0.4, -0.2) is 38.3 Å². The zero-order valence-corrected chi connectivity index (χ0v) is 15.5. The summed E-state index contributed by atoms with van der Waals surface area (Å²) in [6.07, 6.45) is 1.05. The van der Waals surface area contributed by atoms with Crippen molar-refractivity contribution in [3.05, 3.63) is 22.2 Å². The Morgan fingerprint density at radius 1 is 1.24 bits per heavy atom. The highest BCUT2D eigenvalue weighted by Gasteiger charge is 2.30. The third-order valence-electron chi connectivity index (χ3n) is 4.37. The van der Waals surface area contributed by atoms with Crippen LogP contribution in [0.5, 0.6) is 11.5 Å². The Hall–Kier alpha value is -0.780. The third kappa shape index (κ3) is 3.90. The van der Waals surface area contributed by atoms with Crippen molar-refractivity contribution in [3.8, 4) is 11.5 Å². The van der Waals surface area contributed by atoms with Crippen LogP contribution in [0.15, 0.2) is 16.6 Å². The van der Waals surface area contributed by atoms with Crippen molar-refractivity contribution in [1.82, 2.24) is 4.90 Å². The van der Waals surface area contributed by atoms with E-state index in [1.807, 2.05) is 12.1 Å². The summed E-state index contributed by atoms with van der Waals surface area (Å²) in [6.45, 7) is 7.18. The summed E-state index contributed by atoms with van der Waals surface area (Å²) in [5.74, 6) is 1.43. The van der Waals surface area contributed by atoms with Gasteiger partial charge in [-0.3, -0.25) is 4.90 Å². The lowest BCUT2D eigenvalue weighted by molar-refractivity contribution is 0.0999. The van der Waals surface area contributed by atoms with Crippen molar-refractivity contribution < 1.29 is 9.47 Å². The second kappa shape index (κ2) is 7.47. The second-order valence-electron chi connectivity index (χ2n) is 5.76. The number of nitrogens with two attached hydrogens (primary N) is 1. The van der Waals surface area contributed by atoms with Gasteiger partial charge in [-0.2, -0.15) is 0 Å². The molecule has 1 unspecified atom stereocenters. The topological polar surface area (TPSA) is 47.7 Å². The molecule has 0 bridgehead atoms. The molecule has 4 nitrogen and oxygen atoms in total. The van der Waals surface area contributed by atoms with Crippen LogP contribution in [0.4, 0.5) is 0 Å². The molecule has 0 spiro atoms. The van der Waals surface area contributed by atoms with Gasteiger partial charge in [-0.15, -0.1) is 0 Å². The molecule has 0 saturated heterocycles. The summed E-state index contributed by atoms with van der Waals surface area (Å²) in [5, 5.41) is 0. The van der Waals surface area contributed by atoms with Crippen LogP contribution >= 0.6 is 15.9 Å². The van der Waals surface area contributed by atoms with Crippen LogP contribution < -0.4 is 15.2 Å². The normalized spacial score (nSPS) is 13.4. The number of methoxy groups -OCH3 is 2. The van der Waals surface area contributed by atoms with Crippen LogP contribution in [0.2, 0.25) is 0 Å². The average molecular weight is 359 g/mol. The van der Waals surface area contributed by atoms with Crippen molar-refractivity contribution in [2.75, 3.05) is 27.8 Å². The first-order valence-corrected chi connectivity index (χ1v) is 7.96. The minimum absolute atomic E-state index is 0.0661. The summed E-state index contributed by atoms with van der Waals surface area (Å²) in [7, 11) is 5.40. The number of rotatable bonds is 7. The molecule has 0 heterocycles. The number of ether oxygens (including phenoxy) is 2. The minimum atomic E-state index is 0.0661. The molecule has 1 atom stereocenters. The monoisotopic (exact) mass is 358 g/mol. The molecule has 0 fully saturated rings. The van der Waals surface area contributed by atoms with Gasteiger partial charge in [0.2, 0.25) is 0 Å². The first-order valence-electron chi connectivity index (χ1n) is 7.16. The highest BCUT2D eigenvalue weighted by atomic mass is 79.9. The summed E-state index contributed by atoms with van der Waals surface area (Å²) in [6, 6.07) is 4.04. The van der Waals surface area contributed by atoms with Gasteiger partial charge in [-0.1, -0.05) is 22.9 Å². The standard InChI is InChI=1S/C16H27BrN2O2/c1-7-16(2,3)19(4)13(10-18)11-8-14(20-5)15(21-6)9-12(11)17/h8-9,13H,7,10,18H2,1-6H3. The maximum absolute atomic E-state index is 6.05. The highest BCUT2D eigenvalue weighted by Crippen LogP contribution is 2.39. The smallest absolute Gasteiger partial charge is 0.161 e. The Bertz CT molecular complexity index is 478. The number of halogens is 1. The molecule has 0 aliphatic rings. The van der Waals surface area contributed by atoms with Gasteiger partial charge in [0, 0.05) is 22.6 Å². The fourth-order valence-corrected chi connectivity index (χ4v) is 2.88. The van der Waals surface area contributed by atoms with E-state index in [0.29, 0.717) is 12.3 Å². The molecule has 0 aliphatic carbocycles. The van der Waals surface area contributed by atoms with Crippen molar-refractivity contribution in [2.45, 2.75) is 38.8 Å². The van der Waals surface area contributed by atoms with Crippen molar-refractivity contribution in [2.24, 2.45) is 5.73 Å². The van der Waals surface area contributed by atoms with Gasteiger partial charge in [0.15, 0.2) is 11.5 Å². The summed E-state index contributed by atoms with van der Waals surface area (Å²) in [4.78, 5) is 2.32. The Morgan fingerprint density at radius 3 is 2.19 bits per heavy atom. The highest BCUT2D eigenvalue weighted by molar-refractivity contribution is 9.10. The van der Waals surface area contributed by atoms with Crippen LogP contribution in [-0.2, 0) is 0 Å². The fourth-order valence-electron chi connectivity index (χ4n) is 2.29. The lowest BCUT2D eigenvalue weighted by Gasteiger charge is -2.41. The van der Waals surface area contributed by atoms with E-state index in [1.165, 1.54) is 0 Å². The fraction of sp³-hybridized carbons (Fsp3) is 0.625. The van der Waals surface area contributed by atoms with E-state index >= 15 is 0 Å². The summed E-state index contributed by atoms with van der Waals surface area (Å²) >= 11 is 3.63. The molecule has 0 aliphatic heterocycles. The largest absolute Gasteiger partial charge is 0.493 e. The summed E-state index contributed by atoms with van der Waals surface area (Å²) < 4.78 is 11.7. The number of likely N-dealkylation sites (N-methyl/N-ethyl adjacent to an activating group) is 1. The second-order valence-corrected chi connectivity index (χ2v) is 6.61. The Morgan fingerprint density at radius 2 is 1.76 bits per heavy atom. The Labute approximate surface area is 136 Å². The van der Waals surface area contributed by atoms with Crippen molar-refractivity contribution in [3.63, 3.8) is 0 Å². The first kappa shape index (κ1) is 18.3. The zero-order chi connectivity index (χ0) is 16.2. The van der Waals surface area contributed by atoms with Gasteiger partial charge < -0.3 is 15.2 Å². The van der Waals surface area contributed by atoms with Gasteiger partial charge >= 0.3 is 0 Å². The Kier molecular flexibility index (Phi) is 6.50. The number of hydrogen-bond acceptors (Lipinski definition) is 4. The number of benzene rings is 1. The van der Waals surface area contributed by atoms with Gasteiger partial charge in [0.05, 0.1) is 14.2 Å². The van der Waals surface area contributed by atoms with E-state index < -0.39 is 0 Å². The quantitative estimate of drug-likeness (QED) is 0.808. The molecule has 5 heteroatoms. The molecule has 1 aromatic rings. The lowest BCUT2D eigenvalue weighted by atomic mass is 9.94. The van der Waals surface area contributed by atoms with E-state index in [9.17, 15) is 0 Å². The molecule has 0 aromatic heterocycles. The van der Waals surface area contributed by atoms with Gasteiger partial charge in [0.25, 0.3) is 0 Å². The molecule has 120 valence electrons. The van der Waals surface area contributed by atoms with E-state index in [-0.39, 0.29) is 11.6 Å². The molecule has 0 amide bonds. The Balaban J connectivity index is 3.28. The van der Waals surface area contributed by atoms with E-state index in [2.05, 4.69) is 48.6 Å². The maximum atomic E-state index is 6.05. The predicted octanol–water partition coefficient (Wildman–Crippen LogP) is 3.59. The zero-order valence-electron chi connectivity index (χ0n) is 13.9. The average Bonchev–Trinajstić information content (AvgIpc) is 2.48. The molecular formula is C16H27BrN2O2.